The van der Waals surface area contributed by atoms with E-state index < -0.39 is 0 Å². The van der Waals surface area contributed by atoms with Gasteiger partial charge in [-0.15, -0.1) is 0 Å². The molecule has 114 valence electrons. The standard InChI is InChI=1S/C17H26N4/c1-4-20(5-2)13-15(3)18-11-16-12-19-21(14-16)17-9-7-6-8-10-17/h6-10,12,14-15,18H,4-5,11,13H2,1-3H3. The summed E-state index contributed by atoms with van der Waals surface area (Å²) in [7, 11) is 0. The molecule has 0 fully saturated rings. The topological polar surface area (TPSA) is 33.1 Å². The molecule has 2 rings (SSSR count). The lowest BCUT2D eigenvalue weighted by atomic mass is 10.2. The zero-order valence-electron chi connectivity index (χ0n) is 13.3. The molecule has 0 spiro atoms. The van der Waals surface area contributed by atoms with Crippen LogP contribution in [0.25, 0.3) is 5.69 Å². The molecule has 4 nitrogen and oxygen atoms in total. The highest BCUT2D eigenvalue weighted by Crippen LogP contribution is 2.07. The Bertz CT molecular complexity index is 517. The Labute approximate surface area is 127 Å². The van der Waals surface area contributed by atoms with Crippen molar-refractivity contribution in [1.82, 2.24) is 20.0 Å². The first-order valence-corrected chi connectivity index (χ1v) is 7.77. The minimum atomic E-state index is 0.477. The van der Waals surface area contributed by atoms with Crippen molar-refractivity contribution in [2.45, 2.75) is 33.4 Å². The summed E-state index contributed by atoms with van der Waals surface area (Å²) in [6, 6.07) is 10.7. The average Bonchev–Trinajstić information content (AvgIpc) is 3.00. The highest BCUT2D eigenvalue weighted by Gasteiger charge is 2.07. The molecule has 0 saturated carbocycles. The maximum absolute atomic E-state index is 4.42. The molecular weight excluding hydrogens is 260 g/mol. The van der Waals surface area contributed by atoms with Crippen LogP contribution in [-0.4, -0.2) is 40.4 Å². The van der Waals surface area contributed by atoms with Crippen LogP contribution in [0.4, 0.5) is 0 Å². The van der Waals surface area contributed by atoms with Gasteiger partial charge in [-0.2, -0.15) is 5.10 Å². The molecule has 21 heavy (non-hydrogen) atoms. The zero-order chi connectivity index (χ0) is 15.1. The molecule has 0 aliphatic heterocycles. The number of aromatic nitrogens is 2. The van der Waals surface area contributed by atoms with Crippen LogP contribution >= 0.6 is 0 Å². The summed E-state index contributed by atoms with van der Waals surface area (Å²) in [6.45, 7) is 10.8. The molecule has 2 aromatic rings. The van der Waals surface area contributed by atoms with Gasteiger partial charge in [-0.3, -0.25) is 0 Å². The van der Waals surface area contributed by atoms with Crippen LogP contribution in [0.5, 0.6) is 0 Å². The van der Waals surface area contributed by atoms with Crippen LogP contribution in [0.15, 0.2) is 42.7 Å². The molecule has 0 aliphatic rings. The second-order valence-corrected chi connectivity index (χ2v) is 5.40. The summed E-state index contributed by atoms with van der Waals surface area (Å²) in [5, 5.41) is 7.99. The number of para-hydroxylation sites is 1. The van der Waals surface area contributed by atoms with Crippen molar-refractivity contribution >= 4 is 0 Å². The van der Waals surface area contributed by atoms with Crippen molar-refractivity contribution < 1.29 is 0 Å². The molecule has 0 bridgehead atoms. The van der Waals surface area contributed by atoms with Crippen molar-refractivity contribution in [2.24, 2.45) is 0 Å². The molecule has 1 aromatic heterocycles. The van der Waals surface area contributed by atoms with Gasteiger partial charge in [0, 0.05) is 30.9 Å². The van der Waals surface area contributed by atoms with E-state index in [0.717, 1.165) is 31.9 Å². The van der Waals surface area contributed by atoms with E-state index in [0.29, 0.717) is 6.04 Å². The molecule has 1 aromatic carbocycles. The minimum Gasteiger partial charge on any atom is -0.309 e. The first-order chi connectivity index (χ1) is 10.2. The van der Waals surface area contributed by atoms with E-state index in [1.165, 1.54) is 5.56 Å². The molecule has 1 N–H and O–H groups in total. The third-order valence-corrected chi connectivity index (χ3v) is 3.74. The van der Waals surface area contributed by atoms with E-state index in [9.17, 15) is 0 Å². The molecular formula is C17H26N4. The molecule has 1 heterocycles. The fourth-order valence-electron chi connectivity index (χ4n) is 2.40. The van der Waals surface area contributed by atoms with Crippen LogP contribution in [0.2, 0.25) is 0 Å². The van der Waals surface area contributed by atoms with Gasteiger partial charge in [0.15, 0.2) is 0 Å². The summed E-state index contributed by atoms with van der Waals surface area (Å²) >= 11 is 0. The largest absolute Gasteiger partial charge is 0.309 e. The quantitative estimate of drug-likeness (QED) is 0.810. The van der Waals surface area contributed by atoms with Crippen LogP contribution in [0.3, 0.4) is 0 Å². The first-order valence-electron chi connectivity index (χ1n) is 7.77. The molecule has 0 radical (unpaired) electrons. The molecule has 4 heteroatoms. The lowest BCUT2D eigenvalue weighted by Gasteiger charge is -2.23. The van der Waals surface area contributed by atoms with Gasteiger partial charge >= 0.3 is 0 Å². The highest BCUT2D eigenvalue weighted by molar-refractivity contribution is 5.30. The van der Waals surface area contributed by atoms with Crippen molar-refractivity contribution in [3.05, 3.63) is 48.3 Å². The maximum atomic E-state index is 4.42. The summed E-state index contributed by atoms with van der Waals surface area (Å²) in [5.41, 5.74) is 2.31. The van der Waals surface area contributed by atoms with E-state index in [1.54, 1.807) is 0 Å². The molecule has 0 saturated heterocycles. The third kappa shape index (κ3) is 4.69. The van der Waals surface area contributed by atoms with Gasteiger partial charge in [-0.25, -0.2) is 4.68 Å². The normalized spacial score (nSPS) is 12.8. The molecule has 0 amide bonds. The number of nitrogens with zero attached hydrogens (tertiary/aromatic N) is 3. The van der Waals surface area contributed by atoms with Crippen LogP contribution < -0.4 is 5.32 Å². The minimum absolute atomic E-state index is 0.477. The Hall–Kier alpha value is -1.65. The number of benzene rings is 1. The predicted octanol–water partition coefficient (Wildman–Crippen LogP) is 2.69. The number of hydrogen-bond donors (Lipinski definition) is 1. The van der Waals surface area contributed by atoms with Crippen molar-refractivity contribution in [3.8, 4) is 5.69 Å². The number of likely N-dealkylation sites (N-methyl/N-ethyl adjacent to an activating group) is 1. The average molecular weight is 286 g/mol. The van der Waals surface area contributed by atoms with Crippen molar-refractivity contribution in [1.29, 1.82) is 0 Å². The summed E-state index contributed by atoms with van der Waals surface area (Å²) < 4.78 is 1.92. The lowest BCUT2D eigenvalue weighted by molar-refractivity contribution is 0.270. The van der Waals surface area contributed by atoms with Crippen LogP contribution in [0, 0.1) is 0 Å². The van der Waals surface area contributed by atoms with E-state index in [2.05, 4.69) is 54.4 Å². The van der Waals surface area contributed by atoms with Crippen molar-refractivity contribution in [3.63, 3.8) is 0 Å². The Kier molecular flexibility index (Phi) is 5.96. The van der Waals surface area contributed by atoms with E-state index >= 15 is 0 Å². The Morgan fingerprint density at radius 3 is 2.57 bits per heavy atom. The second-order valence-electron chi connectivity index (χ2n) is 5.40. The molecule has 0 aliphatic carbocycles. The Morgan fingerprint density at radius 1 is 1.19 bits per heavy atom. The number of nitrogens with one attached hydrogen (secondary N) is 1. The number of rotatable bonds is 8. The molecule has 1 atom stereocenters. The van der Waals surface area contributed by atoms with Crippen LogP contribution in [-0.2, 0) is 6.54 Å². The lowest BCUT2D eigenvalue weighted by Crippen LogP contribution is -2.38. The number of hydrogen-bond acceptors (Lipinski definition) is 3. The van der Waals surface area contributed by atoms with E-state index in [1.807, 2.05) is 29.1 Å². The monoisotopic (exact) mass is 286 g/mol. The second kappa shape index (κ2) is 7.96. The SMILES string of the molecule is CCN(CC)CC(C)NCc1cnn(-c2ccccc2)c1. The Balaban J connectivity index is 1.86. The van der Waals surface area contributed by atoms with Gasteiger partial charge in [0.05, 0.1) is 11.9 Å². The van der Waals surface area contributed by atoms with Crippen LogP contribution in [0.1, 0.15) is 26.3 Å². The fraction of sp³-hybridized carbons (Fsp3) is 0.471. The third-order valence-electron chi connectivity index (χ3n) is 3.74. The summed E-state index contributed by atoms with van der Waals surface area (Å²) in [6.07, 6.45) is 4.02. The first kappa shape index (κ1) is 15.7. The molecule has 1 unspecified atom stereocenters. The van der Waals surface area contributed by atoms with E-state index in [4.69, 9.17) is 0 Å². The van der Waals surface area contributed by atoms with Gasteiger partial charge in [0.25, 0.3) is 0 Å². The smallest absolute Gasteiger partial charge is 0.0645 e. The summed E-state index contributed by atoms with van der Waals surface area (Å²) in [5.74, 6) is 0. The van der Waals surface area contributed by atoms with Crippen molar-refractivity contribution in [2.75, 3.05) is 19.6 Å². The Morgan fingerprint density at radius 2 is 1.90 bits per heavy atom. The maximum Gasteiger partial charge on any atom is 0.0645 e. The van der Waals surface area contributed by atoms with Gasteiger partial charge in [-0.1, -0.05) is 32.0 Å². The predicted molar refractivity (Wildman–Crippen MR) is 87.7 cm³/mol. The zero-order valence-corrected chi connectivity index (χ0v) is 13.3. The van der Waals surface area contributed by atoms with E-state index in [-0.39, 0.29) is 0 Å². The van der Waals surface area contributed by atoms with Gasteiger partial charge in [-0.05, 0) is 32.1 Å². The van der Waals surface area contributed by atoms with Gasteiger partial charge in [0.2, 0.25) is 0 Å². The van der Waals surface area contributed by atoms with Gasteiger partial charge < -0.3 is 10.2 Å². The fourth-order valence-corrected chi connectivity index (χ4v) is 2.40. The highest BCUT2D eigenvalue weighted by atomic mass is 15.3. The van der Waals surface area contributed by atoms with Gasteiger partial charge in [0.1, 0.15) is 0 Å². The summed E-state index contributed by atoms with van der Waals surface area (Å²) in [4.78, 5) is 2.44.